The van der Waals surface area contributed by atoms with Crippen molar-refractivity contribution in [1.82, 2.24) is 19.6 Å². The number of hydrogen-bond acceptors (Lipinski definition) is 3. The van der Waals surface area contributed by atoms with Crippen molar-refractivity contribution < 1.29 is 4.79 Å². The molecule has 2 heterocycles. The third-order valence-corrected chi connectivity index (χ3v) is 4.26. The summed E-state index contributed by atoms with van der Waals surface area (Å²) in [6, 6.07) is 16.6. The Morgan fingerprint density at radius 2 is 1.77 bits per heavy atom. The van der Waals surface area contributed by atoms with Crippen LogP contribution >= 0.6 is 15.9 Å². The van der Waals surface area contributed by atoms with Crippen LogP contribution in [0.25, 0.3) is 11.4 Å². The second-order valence-corrected chi connectivity index (χ2v) is 6.49. The first-order chi connectivity index (χ1) is 12.7. The predicted molar refractivity (Wildman–Crippen MR) is 103 cm³/mol. The van der Waals surface area contributed by atoms with E-state index in [2.05, 4.69) is 31.4 Å². The lowest BCUT2D eigenvalue weighted by Gasteiger charge is -2.11. The van der Waals surface area contributed by atoms with E-state index in [1.165, 1.54) is 0 Å². The summed E-state index contributed by atoms with van der Waals surface area (Å²) in [6.45, 7) is 0. The number of benzene rings is 2. The van der Waals surface area contributed by atoms with Crippen molar-refractivity contribution in [2.24, 2.45) is 0 Å². The Balaban J connectivity index is 1.57. The summed E-state index contributed by atoms with van der Waals surface area (Å²) < 4.78 is 4.32. The molecular weight excluding hydrogens is 394 g/mol. The van der Waals surface area contributed by atoms with E-state index in [-0.39, 0.29) is 5.91 Å². The van der Waals surface area contributed by atoms with Gasteiger partial charge in [0.1, 0.15) is 0 Å². The number of carbonyl (C=O) groups excluding carboxylic acids is 1. The molecule has 2 aromatic heterocycles. The number of rotatable bonds is 4. The first-order valence-electron chi connectivity index (χ1n) is 7.92. The number of halogens is 1. The van der Waals surface area contributed by atoms with Crippen LogP contribution in [0.2, 0.25) is 0 Å². The van der Waals surface area contributed by atoms with E-state index in [0.29, 0.717) is 11.3 Å². The zero-order valence-corrected chi connectivity index (χ0v) is 15.2. The van der Waals surface area contributed by atoms with Gasteiger partial charge in [-0.15, -0.1) is 0 Å². The van der Waals surface area contributed by atoms with Crippen LogP contribution in [0, 0.1) is 0 Å². The van der Waals surface area contributed by atoms with Gasteiger partial charge in [0.05, 0.1) is 27.7 Å². The summed E-state index contributed by atoms with van der Waals surface area (Å²) in [6.07, 6.45) is 7.11. The molecule has 0 aliphatic rings. The molecule has 2 aromatic carbocycles. The molecule has 0 fully saturated rings. The van der Waals surface area contributed by atoms with E-state index in [9.17, 15) is 4.79 Å². The minimum absolute atomic E-state index is 0.185. The molecule has 128 valence electrons. The number of nitrogens with zero attached hydrogens (tertiary/aromatic N) is 4. The van der Waals surface area contributed by atoms with E-state index in [1.54, 1.807) is 33.9 Å². The van der Waals surface area contributed by atoms with Gasteiger partial charge in [0.25, 0.3) is 5.91 Å². The van der Waals surface area contributed by atoms with Gasteiger partial charge in [0.2, 0.25) is 0 Å². The van der Waals surface area contributed by atoms with Gasteiger partial charge in [0.15, 0.2) is 0 Å². The average molecular weight is 408 g/mol. The summed E-state index contributed by atoms with van der Waals surface area (Å²) in [5.74, 6) is -0.185. The van der Waals surface area contributed by atoms with Crippen LogP contribution in [0.5, 0.6) is 0 Å². The smallest absolute Gasteiger partial charge is 0.255 e. The van der Waals surface area contributed by atoms with Gasteiger partial charge >= 0.3 is 0 Å². The molecule has 6 nitrogen and oxygen atoms in total. The molecule has 0 saturated carbocycles. The van der Waals surface area contributed by atoms with Crippen molar-refractivity contribution in [2.45, 2.75) is 0 Å². The minimum atomic E-state index is -0.185. The van der Waals surface area contributed by atoms with Crippen molar-refractivity contribution in [3.63, 3.8) is 0 Å². The third-order valence-electron chi connectivity index (χ3n) is 3.85. The molecule has 0 spiro atoms. The molecule has 4 aromatic rings. The molecular formula is C19H14BrN5O. The second kappa shape index (κ2) is 6.97. The highest BCUT2D eigenvalue weighted by Crippen LogP contribution is 2.22. The maximum atomic E-state index is 12.6. The Labute approximate surface area is 158 Å². The Bertz CT molecular complexity index is 1040. The fraction of sp³-hybridized carbons (Fsp3) is 0. The van der Waals surface area contributed by atoms with Crippen LogP contribution in [-0.2, 0) is 0 Å². The first-order valence-corrected chi connectivity index (χ1v) is 8.71. The molecule has 0 unspecified atom stereocenters. The molecule has 0 saturated heterocycles. The highest BCUT2D eigenvalue weighted by atomic mass is 79.9. The molecule has 1 amide bonds. The van der Waals surface area contributed by atoms with Gasteiger partial charge in [-0.1, -0.05) is 12.1 Å². The standard InChI is InChI=1S/C19H14BrN5O/c20-15-12-22-25(13-15)18-5-2-1-4-17(18)23-19(26)14-6-8-16(9-7-14)24-11-3-10-21-24/h1-13H,(H,23,26). The Morgan fingerprint density at radius 1 is 0.962 bits per heavy atom. The van der Waals surface area contributed by atoms with Crippen molar-refractivity contribution in [2.75, 3.05) is 5.32 Å². The first kappa shape index (κ1) is 16.3. The molecule has 26 heavy (non-hydrogen) atoms. The normalized spacial score (nSPS) is 10.7. The second-order valence-electron chi connectivity index (χ2n) is 5.57. The largest absolute Gasteiger partial charge is 0.320 e. The molecule has 7 heteroatoms. The average Bonchev–Trinajstić information content (AvgIpc) is 3.34. The quantitative estimate of drug-likeness (QED) is 0.554. The van der Waals surface area contributed by atoms with Crippen molar-refractivity contribution in [3.8, 4) is 11.4 Å². The zero-order chi connectivity index (χ0) is 17.9. The van der Waals surface area contributed by atoms with Crippen LogP contribution in [0.3, 0.4) is 0 Å². The monoisotopic (exact) mass is 407 g/mol. The third kappa shape index (κ3) is 3.29. The number of para-hydroxylation sites is 2. The van der Waals surface area contributed by atoms with E-state index in [1.807, 2.05) is 54.9 Å². The number of hydrogen-bond donors (Lipinski definition) is 1. The van der Waals surface area contributed by atoms with Crippen molar-refractivity contribution in [3.05, 3.63) is 89.4 Å². The number of aromatic nitrogens is 4. The molecule has 0 bridgehead atoms. The Morgan fingerprint density at radius 3 is 2.46 bits per heavy atom. The summed E-state index contributed by atoms with van der Waals surface area (Å²) in [5.41, 5.74) is 2.94. The molecule has 4 rings (SSSR count). The van der Waals surface area contributed by atoms with E-state index in [0.717, 1.165) is 15.8 Å². The van der Waals surface area contributed by atoms with E-state index < -0.39 is 0 Å². The van der Waals surface area contributed by atoms with Crippen LogP contribution < -0.4 is 5.32 Å². The molecule has 0 radical (unpaired) electrons. The number of anilines is 1. The summed E-state index contributed by atoms with van der Waals surface area (Å²) in [5, 5.41) is 11.4. The Hall–Kier alpha value is -3.19. The van der Waals surface area contributed by atoms with Crippen LogP contribution in [0.15, 0.2) is 83.9 Å². The Kier molecular flexibility index (Phi) is 4.37. The molecule has 0 atom stereocenters. The van der Waals surface area contributed by atoms with Crippen LogP contribution in [0.4, 0.5) is 5.69 Å². The summed E-state index contributed by atoms with van der Waals surface area (Å²) >= 11 is 3.39. The molecule has 0 aliphatic heterocycles. The van der Waals surface area contributed by atoms with Crippen LogP contribution in [-0.4, -0.2) is 25.5 Å². The lowest BCUT2D eigenvalue weighted by atomic mass is 10.2. The topological polar surface area (TPSA) is 64.7 Å². The SMILES string of the molecule is O=C(Nc1ccccc1-n1cc(Br)cn1)c1ccc(-n2cccn2)cc1. The lowest BCUT2D eigenvalue weighted by Crippen LogP contribution is -2.14. The summed E-state index contributed by atoms with van der Waals surface area (Å²) in [4.78, 5) is 12.6. The van der Waals surface area contributed by atoms with Gasteiger partial charge in [-0.05, 0) is 58.4 Å². The maximum absolute atomic E-state index is 12.6. The zero-order valence-electron chi connectivity index (χ0n) is 13.6. The highest BCUT2D eigenvalue weighted by molar-refractivity contribution is 9.10. The fourth-order valence-corrected chi connectivity index (χ4v) is 2.88. The van der Waals surface area contributed by atoms with Gasteiger partial charge in [0, 0.05) is 24.2 Å². The summed E-state index contributed by atoms with van der Waals surface area (Å²) in [7, 11) is 0. The fourth-order valence-electron chi connectivity index (χ4n) is 2.59. The number of amides is 1. The van der Waals surface area contributed by atoms with Crippen molar-refractivity contribution in [1.29, 1.82) is 0 Å². The van der Waals surface area contributed by atoms with Crippen molar-refractivity contribution >= 4 is 27.5 Å². The van der Waals surface area contributed by atoms with Crippen LogP contribution in [0.1, 0.15) is 10.4 Å². The highest BCUT2D eigenvalue weighted by Gasteiger charge is 2.11. The van der Waals surface area contributed by atoms with Gasteiger partial charge in [-0.2, -0.15) is 10.2 Å². The molecule has 0 aliphatic carbocycles. The maximum Gasteiger partial charge on any atom is 0.255 e. The van der Waals surface area contributed by atoms with Gasteiger partial charge in [-0.3, -0.25) is 4.79 Å². The van der Waals surface area contributed by atoms with E-state index in [4.69, 9.17) is 0 Å². The number of carbonyl (C=O) groups is 1. The predicted octanol–water partition coefficient (Wildman–Crippen LogP) is 4.07. The number of nitrogens with one attached hydrogen (secondary N) is 1. The van der Waals surface area contributed by atoms with E-state index >= 15 is 0 Å². The van der Waals surface area contributed by atoms with Gasteiger partial charge < -0.3 is 5.32 Å². The lowest BCUT2D eigenvalue weighted by molar-refractivity contribution is 0.102. The molecule has 1 N–H and O–H groups in total. The minimum Gasteiger partial charge on any atom is -0.320 e. The van der Waals surface area contributed by atoms with Gasteiger partial charge in [-0.25, -0.2) is 9.36 Å².